The molecule has 0 aromatic heterocycles. The van der Waals surface area contributed by atoms with Gasteiger partial charge in [-0.2, -0.15) is 0 Å². The third kappa shape index (κ3) is 39.0. The highest BCUT2D eigenvalue weighted by atomic mass is 16.6. The molecule has 0 bridgehead atoms. The first-order chi connectivity index (χ1) is 28.6. The molecule has 2 atom stereocenters. The van der Waals surface area contributed by atoms with Crippen molar-refractivity contribution in [2.45, 2.75) is 142 Å². The molecule has 0 aromatic carbocycles. The van der Waals surface area contributed by atoms with Gasteiger partial charge in [-0.3, -0.25) is 9.59 Å². The van der Waals surface area contributed by atoms with Crippen molar-refractivity contribution in [1.29, 1.82) is 0 Å². The summed E-state index contributed by atoms with van der Waals surface area (Å²) in [5.74, 6) is -1.87. The Hall–Kier alpha value is -4.27. The van der Waals surface area contributed by atoms with Crippen LogP contribution < -0.4 is 5.11 Å². The summed E-state index contributed by atoms with van der Waals surface area (Å²) in [6, 6.07) is -0.749. The summed E-state index contributed by atoms with van der Waals surface area (Å²) in [7, 11) is 5.36. The molecule has 0 aliphatic rings. The fraction of sp³-hybridized carbons (Fsp3) is 0.549. The SMILES string of the molecule is CC/C=C/C=C/C=C/C=C/C=C/CCCC(=O)OC(COCCC(C(=O)[O-])[N+](C)(C)C)COC(=O)CCCCCCCC/C=C/C/C=C/C/C=C/C/C=C/C/C=C/CC. The fourth-order valence-corrected chi connectivity index (χ4v) is 5.60. The molecule has 0 rings (SSSR count). The van der Waals surface area contributed by atoms with E-state index in [1.54, 1.807) is 21.1 Å². The highest BCUT2D eigenvalue weighted by molar-refractivity contribution is 5.70. The van der Waals surface area contributed by atoms with Crippen LogP contribution in [-0.2, 0) is 28.6 Å². The van der Waals surface area contributed by atoms with E-state index in [1.165, 1.54) is 12.8 Å². The monoisotopic (exact) mass is 818 g/mol. The van der Waals surface area contributed by atoms with Gasteiger partial charge in [-0.25, -0.2) is 0 Å². The summed E-state index contributed by atoms with van der Waals surface area (Å²) in [6.07, 6.45) is 56.7. The average Bonchev–Trinajstić information content (AvgIpc) is 3.19. The number of unbranched alkanes of at least 4 members (excludes halogenated alkanes) is 7. The zero-order valence-electron chi connectivity index (χ0n) is 37.4. The van der Waals surface area contributed by atoms with Crippen molar-refractivity contribution < 1.29 is 38.2 Å². The first-order valence-corrected chi connectivity index (χ1v) is 22.1. The summed E-state index contributed by atoms with van der Waals surface area (Å²) in [6.45, 7) is 4.27. The molecule has 0 heterocycles. The summed E-state index contributed by atoms with van der Waals surface area (Å²) >= 11 is 0. The standard InChI is InChI=1S/C51H79NO7/c1-6-8-10-12-14-16-18-20-21-22-23-24-25-26-27-28-30-31-33-35-37-39-41-49(53)58-46-47(45-57-44-43-48(51(55)56)52(3,4)5)59-50(54)42-40-38-36-34-32-29-19-17-15-13-11-9-7-2/h8-11,13-17,19-21,23-24,26-27,29,32,34,36,47-48H,6-7,12,18,22,25,28,30-31,33,35,37-46H2,1-5H3/b10-8+,11-9+,15-13+,16-14+,19-17+,21-20+,24-23+,27-26+,32-29+,36-34+. The quantitative estimate of drug-likeness (QED) is 0.0202. The van der Waals surface area contributed by atoms with Gasteiger partial charge in [0, 0.05) is 19.3 Å². The highest BCUT2D eigenvalue weighted by Crippen LogP contribution is 2.12. The molecule has 0 fully saturated rings. The van der Waals surface area contributed by atoms with E-state index in [4.69, 9.17) is 14.2 Å². The number of ether oxygens (including phenoxy) is 3. The molecule has 0 aromatic rings. The number of esters is 2. The van der Waals surface area contributed by atoms with Gasteiger partial charge in [-0.05, 0) is 70.6 Å². The van der Waals surface area contributed by atoms with Gasteiger partial charge >= 0.3 is 11.9 Å². The van der Waals surface area contributed by atoms with Crippen molar-refractivity contribution in [3.63, 3.8) is 0 Å². The Bertz CT molecular complexity index is 1370. The van der Waals surface area contributed by atoms with Gasteiger partial charge in [0.25, 0.3) is 0 Å². The van der Waals surface area contributed by atoms with Crippen LogP contribution >= 0.6 is 0 Å². The van der Waals surface area contributed by atoms with Crippen LogP contribution in [-0.4, -0.2) is 75.5 Å². The molecule has 2 unspecified atom stereocenters. The molecule has 59 heavy (non-hydrogen) atoms. The molecule has 8 heteroatoms. The van der Waals surface area contributed by atoms with Crippen LogP contribution in [0.5, 0.6) is 0 Å². The van der Waals surface area contributed by atoms with Gasteiger partial charge in [0.1, 0.15) is 12.6 Å². The molecule has 8 nitrogen and oxygen atoms in total. The Morgan fingerprint density at radius 3 is 1.56 bits per heavy atom. The van der Waals surface area contributed by atoms with Gasteiger partial charge in [0.05, 0.1) is 40.3 Å². The maximum atomic E-state index is 12.7. The lowest BCUT2D eigenvalue weighted by atomic mass is 10.1. The number of likely N-dealkylation sites (N-methyl/N-ethyl adjacent to an activating group) is 1. The largest absolute Gasteiger partial charge is 0.544 e. The molecule has 0 aliphatic carbocycles. The van der Waals surface area contributed by atoms with Gasteiger partial charge < -0.3 is 28.6 Å². The van der Waals surface area contributed by atoms with Crippen LogP contribution in [0.15, 0.2) is 122 Å². The van der Waals surface area contributed by atoms with Gasteiger partial charge in [0.2, 0.25) is 0 Å². The molecule has 330 valence electrons. The zero-order valence-corrected chi connectivity index (χ0v) is 37.4. The molecule has 0 amide bonds. The maximum Gasteiger partial charge on any atom is 0.306 e. The van der Waals surface area contributed by atoms with E-state index >= 15 is 0 Å². The Morgan fingerprint density at radius 1 is 0.525 bits per heavy atom. The number of carbonyl (C=O) groups is 3. The number of carbonyl (C=O) groups excluding carboxylic acids is 3. The molecular formula is C51H79NO7. The van der Waals surface area contributed by atoms with Crippen LogP contribution in [0.3, 0.4) is 0 Å². The summed E-state index contributed by atoms with van der Waals surface area (Å²) < 4.78 is 17.0. The first kappa shape index (κ1) is 54.7. The molecular weight excluding hydrogens is 739 g/mol. The highest BCUT2D eigenvalue weighted by Gasteiger charge is 2.25. The minimum atomic E-state index is -1.15. The van der Waals surface area contributed by atoms with E-state index in [0.29, 0.717) is 19.3 Å². The van der Waals surface area contributed by atoms with Gasteiger partial charge in [-0.1, -0.05) is 161 Å². The topological polar surface area (TPSA) is 102 Å². The Morgan fingerprint density at radius 2 is 1.00 bits per heavy atom. The Labute approximate surface area is 359 Å². The van der Waals surface area contributed by atoms with Gasteiger partial charge in [0.15, 0.2) is 6.10 Å². The van der Waals surface area contributed by atoms with Crippen molar-refractivity contribution in [2.75, 3.05) is 41.0 Å². The number of carboxylic acid groups (broad SMARTS) is 1. The van der Waals surface area contributed by atoms with Crippen LogP contribution in [0.1, 0.15) is 129 Å². The van der Waals surface area contributed by atoms with Crippen molar-refractivity contribution >= 4 is 17.9 Å². The predicted octanol–water partition coefficient (Wildman–Crippen LogP) is 10.9. The van der Waals surface area contributed by atoms with Crippen molar-refractivity contribution in [3.05, 3.63) is 122 Å². The number of carboxylic acids is 1. The van der Waals surface area contributed by atoms with E-state index in [0.717, 1.165) is 70.6 Å². The summed E-state index contributed by atoms with van der Waals surface area (Å²) in [5.41, 5.74) is 0. The number of allylic oxidation sites excluding steroid dienone is 20. The van der Waals surface area contributed by atoms with E-state index in [-0.39, 0.29) is 43.1 Å². The minimum Gasteiger partial charge on any atom is -0.544 e. The second kappa shape index (κ2) is 40.5. The Balaban J connectivity index is 4.43. The molecule has 0 spiro atoms. The fourth-order valence-electron chi connectivity index (χ4n) is 5.60. The van der Waals surface area contributed by atoms with Crippen molar-refractivity contribution in [3.8, 4) is 0 Å². The van der Waals surface area contributed by atoms with Crippen LogP contribution in [0, 0.1) is 0 Å². The molecule has 0 radical (unpaired) electrons. The lowest BCUT2D eigenvalue weighted by Crippen LogP contribution is -2.55. The number of rotatable bonds is 37. The summed E-state index contributed by atoms with van der Waals surface area (Å²) in [4.78, 5) is 36.8. The van der Waals surface area contributed by atoms with Gasteiger partial charge in [-0.15, -0.1) is 0 Å². The van der Waals surface area contributed by atoms with Crippen LogP contribution in [0.25, 0.3) is 0 Å². The predicted molar refractivity (Wildman–Crippen MR) is 244 cm³/mol. The average molecular weight is 818 g/mol. The number of nitrogens with zero attached hydrogens (tertiary/aromatic N) is 1. The minimum absolute atomic E-state index is 0.00214. The first-order valence-electron chi connectivity index (χ1n) is 22.1. The number of quaternary nitrogens is 1. The normalized spacial score (nSPS) is 14.1. The van der Waals surface area contributed by atoms with E-state index < -0.39 is 24.1 Å². The van der Waals surface area contributed by atoms with Crippen LogP contribution in [0.2, 0.25) is 0 Å². The number of hydrogen-bond donors (Lipinski definition) is 0. The maximum absolute atomic E-state index is 12.7. The summed E-state index contributed by atoms with van der Waals surface area (Å²) in [5, 5.41) is 11.6. The molecule has 0 N–H and O–H groups in total. The van der Waals surface area contributed by atoms with Crippen LogP contribution in [0.4, 0.5) is 0 Å². The molecule has 0 aliphatic heterocycles. The smallest absolute Gasteiger partial charge is 0.306 e. The van der Waals surface area contributed by atoms with E-state index in [9.17, 15) is 19.5 Å². The second-order valence-corrected chi connectivity index (χ2v) is 15.3. The molecule has 0 saturated heterocycles. The number of hydrogen-bond acceptors (Lipinski definition) is 7. The van der Waals surface area contributed by atoms with E-state index in [1.807, 2.05) is 54.7 Å². The van der Waals surface area contributed by atoms with E-state index in [2.05, 4.69) is 80.7 Å². The third-order valence-electron chi connectivity index (χ3n) is 8.97. The van der Waals surface area contributed by atoms with Crippen molar-refractivity contribution in [2.24, 2.45) is 0 Å². The second-order valence-electron chi connectivity index (χ2n) is 15.3. The zero-order chi connectivity index (χ0) is 43.5. The number of aliphatic carboxylic acids is 1. The van der Waals surface area contributed by atoms with Crippen molar-refractivity contribution in [1.82, 2.24) is 0 Å². The Kier molecular flexibility index (Phi) is 37.6. The third-order valence-corrected chi connectivity index (χ3v) is 8.97. The lowest BCUT2D eigenvalue weighted by Gasteiger charge is -2.34. The lowest BCUT2D eigenvalue weighted by molar-refractivity contribution is -0.889. The molecule has 0 saturated carbocycles.